The van der Waals surface area contributed by atoms with Gasteiger partial charge in [0.1, 0.15) is 0 Å². The summed E-state index contributed by atoms with van der Waals surface area (Å²) < 4.78 is 0. The summed E-state index contributed by atoms with van der Waals surface area (Å²) in [6.07, 6.45) is 4.03. The lowest BCUT2D eigenvalue weighted by molar-refractivity contribution is -0.142. The van der Waals surface area contributed by atoms with Gasteiger partial charge in [0.2, 0.25) is 0 Å². The van der Waals surface area contributed by atoms with Crippen LogP contribution in [0.2, 0.25) is 0 Å². The van der Waals surface area contributed by atoms with Crippen LogP contribution in [0.25, 0.3) is 0 Å². The van der Waals surface area contributed by atoms with E-state index in [4.69, 9.17) is 5.11 Å². The number of carboxylic acid groups (broad SMARTS) is 1. The molecule has 1 unspecified atom stereocenters. The van der Waals surface area contributed by atoms with E-state index in [1.54, 1.807) is 0 Å². The predicted molar refractivity (Wildman–Crippen MR) is 58.7 cm³/mol. The highest BCUT2D eigenvalue weighted by Crippen LogP contribution is 2.36. The van der Waals surface area contributed by atoms with Crippen LogP contribution in [0.3, 0.4) is 0 Å². The lowest BCUT2D eigenvalue weighted by atomic mass is 9.99. The van der Waals surface area contributed by atoms with Gasteiger partial charge >= 0.3 is 5.97 Å². The standard InChI is InChI=1S/C12H21NO2/c1-8-6-13(7-11(8)12(14)15)9(2)5-10-3-4-10/h8-11H,3-7H2,1-2H3,(H,14,15)/t8-,9?,11-/m1/s1. The molecule has 1 aliphatic heterocycles. The van der Waals surface area contributed by atoms with Crippen molar-refractivity contribution in [2.24, 2.45) is 17.8 Å². The minimum Gasteiger partial charge on any atom is -0.481 e. The number of aliphatic carboxylic acids is 1. The second kappa shape index (κ2) is 4.12. The molecular formula is C12H21NO2. The lowest BCUT2D eigenvalue weighted by Crippen LogP contribution is -2.32. The van der Waals surface area contributed by atoms with Gasteiger partial charge in [0.25, 0.3) is 0 Å². The Morgan fingerprint density at radius 1 is 1.47 bits per heavy atom. The first kappa shape index (κ1) is 10.9. The monoisotopic (exact) mass is 211 g/mol. The Bertz CT molecular complexity index is 250. The summed E-state index contributed by atoms with van der Waals surface area (Å²) in [7, 11) is 0. The van der Waals surface area contributed by atoms with Gasteiger partial charge in [-0.25, -0.2) is 0 Å². The lowest BCUT2D eigenvalue weighted by Gasteiger charge is -2.24. The predicted octanol–water partition coefficient (Wildman–Crippen LogP) is 1.83. The topological polar surface area (TPSA) is 40.5 Å². The van der Waals surface area contributed by atoms with Gasteiger partial charge in [-0.05, 0) is 25.2 Å². The SMILES string of the molecule is CC(CC1CC1)N1C[C@@H](C)[C@H](C(=O)O)C1. The third-order valence-corrected chi connectivity index (χ3v) is 3.95. The van der Waals surface area contributed by atoms with Gasteiger partial charge < -0.3 is 5.11 Å². The number of carboxylic acids is 1. The molecular weight excluding hydrogens is 190 g/mol. The summed E-state index contributed by atoms with van der Waals surface area (Å²) in [5.74, 6) is 0.471. The smallest absolute Gasteiger partial charge is 0.308 e. The van der Waals surface area contributed by atoms with Gasteiger partial charge in [-0.15, -0.1) is 0 Å². The fourth-order valence-corrected chi connectivity index (χ4v) is 2.67. The summed E-state index contributed by atoms with van der Waals surface area (Å²) in [6.45, 7) is 6.02. The summed E-state index contributed by atoms with van der Waals surface area (Å²) in [5.41, 5.74) is 0. The third-order valence-electron chi connectivity index (χ3n) is 3.95. The quantitative estimate of drug-likeness (QED) is 0.771. The van der Waals surface area contributed by atoms with Crippen LogP contribution in [0.15, 0.2) is 0 Å². The number of nitrogens with zero attached hydrogens (tertiary/aromatic N) is 1. The van der Waals surface area contributed by atoms with Gasteiger partial charge in [0.15, 0.2) is 0 Å². The normalized spacial score (nSPS) is 34.3. The molecule has 1 saturated carbocycles. The average Bonchev–Trinajstić information content (AvgIpc) is 2.86. The van der Waals surface area contributed by atoms with E-state index < -0.39 is 5.97 Å². The zero-order valence-corrected chi connectivity index (χ0v) is 9.65. The molecule has 86 valence electrons. The first-order chi connectivity index (χ1) is 7.08. The summed E-state index contributed by atoms with van der Waals surface area (Å²) >= 11 is 0. The molecule has 15 heavy (non-hydrogen) atoms. The van der Waals surface area contributed by atoms with Gasteiger partial charge in [0, 0.05) is 19.1 Å². The number of likely N-dealkylation sites (tertiary alicyclic amines) is 1. The molecule has 0 aromatic carbocycles. The van der Waals surface area contributed by atoms with E-state index >= 15 is 0 Å². The Balaban J connectivity index is 1.86. The van der Waals surface area contributed by atoms with E-state index in [2.05, 4.69) is 18.7 Å². The van der Waals surface area contributed by atoms with Crippen LogP contribution >= 0.6 is 0 Å². The second-order valence-corrected chi connectivity index (χ2v) is 5.40. The molecule has 1 saturated heterocycles. The zero-order chi connectivity index (χ0) is 11.0. The van der Waals surface area contributed by atoms with Crippen LogP contribution in [-0.4, -0.2) is 35.1 Å². The highest BCUT2D eigenvalue weighted by atomic mass is 16.4. The van der Waals surface area contributed by atoms with Gasteiger partial charge in [0.05, 0.1) is 5.92 Å². The maximum atomic E-state index is 11.0. The van der Waals surface area contributed by atoms with Crippen molar-refractivity contribution in [1.29, 1.82) is 0 Å². The minimum atomic E-state index is -0.622. The van der Waals surface area contributed by atoms with E-state index in [9.17, 15) is 4.79 Å². The average molecular weight is 211 g/mol. The van der Waals surface area contributed by atoms with Crippen molar-refractivity contribution in [3.05, 3.63) is 0 Å². The Morgan fingerprint density at radius 3 is 2.60 bits per heavy atom. The Labute approximate surface area is 91.5 Å². The van der Waals surface area contributed by atoms with Crippen LogP contribution in [0.4, 0.5) is 0 Å². The van der Waals surface area contributed by atoms with Crippen molar-refractivity contribution in [2.45, 2.75) is 39.2 Å². The molecule has 0 aromatic heterocycles. The van der Waals surface area contributed by atoms with Crippen LogP contribution in [0.5, 0.6) is 0 Å². The first-order valence-electron chi connectivity index (χ1n) is 6.04. The molecule has 0 spiro atoms. The van der Waals surface area contributed by atoms with Crippen molar-refractivity contribution in [2.75, 3.05) is 13.1 Å². The molecule has 3 atom stereocenters. The minimum absolute atomic E-state index is 0.147. The summed E-state index contributed by atoms with van der Waals surface area (Å²) in [6, 6.07) is 0.573. The van der Waals surface area contributed by atoms with Crippen molar-refractivity contribution in [3.63, 3.8) is 0 Å². The number of carbonyl (C=O) groups is 1. The Hall–Kier alpha value is -0.570. The largest absolute Gasteiger partial charge is 0.481 e. The summed E-state index contributed by atoms with van der Waals surface area (Å²) in [4.78, 5) is 13.4. The van der Waals surface area contributed by atoms with Crippen molar-refractivity contribution < 1.29 is 9.90 Å². The number of hydrogen-bond donors (Lipinski definition) is 1. The molecule has 1 N–H and O–H groups in total. The zero-order valence-electron chi connectivity index (χ0n) is 9.65. The highest BCUT2D eigenvalue weighted by molar-refractivity contribution is 5.71. The maximum Gasteiger partial charge on any atom is 0.308 e. The molecule has 0 amide bonds. The number of rotatable bonds is 4. The Morgan fingerprint density at radius 2 is 2.13 bits per heavy atom. The van der Waals surface area contributed by atoms with Crippen molar-refractivity contribution in [1.82, 2.24) is 4.90 Å². The third kappa shape index (κ3) is 2.51. The van der Waals surface area contributed by atoms with Crippen LogP contribution in [0.1, 0.15) is 33.1 Å². The van der Waals surface area contributed by atoms with E-state index in [0.717, 1.165) is 19.0 Å². The van der Waals surface area contributed by atoms with Gasteiger partial charge in [-0.3, -0.25) is 9.69 Å². The molecule has 0 radical (unpaired) electrons. The van der Waals surface area contributed by atoms with Crippen LogP contribution < -0.4 is 0 Å². The van der Waals surface area contributed by atoms with Crippen molar-refractivity contribution >= 4 is 5.97 Å². The summed E-state index contributed by atoms with van der Waals surface area (Å²) in [5, 5.41) is 9.05. The highest BCUT2D eigenvalue weighted by Gasteiger charge is 2.37. The molecule has 2 rings (SSSR count). The van der Waals surface area contributed by atoms with E-state index in [-0.39, 0.29) is 5.92 Å². The second-order valence-electron chi connectivity index (χ2n) is 5.40. The van der Waals surface area contributed by atoms with E-state index in [1.807, 2.05) is 0 Å². The number of hydrogen-bond acceptors (Lipinski definition) is 2. The maximum absolute atomic E-state index is 11.0. The van der Waals surface area contributed by atoms with Gasteiger partial charge in [-0.1, -0.05) is 19.8 Å². The molecule has 2 aliphatic rings. The van der Waals surface area contributed by atoms with E-state index in [0.29, 0.717) is 12.0 Å². The fraction of sp³-hybridized carbons (Fsp3) is 0.917. The molecule has 2 fully saturated rings. The molecule has 1 aliphatic carbocycles. The van der Waals surface area contributed by atoms with Gasteiger partial charge in [-0.2, -0.15) is 0 Å². The van der Waals surface area contributed by atoms with Crippen LogP contribution in [-0.2, 0) is 4.79 Å². The van der Waals surface area contributed by atoms with Crippen LogP contribution in [0, 0.1) is 17.8 Å². The molecule has 3 heteroatoms. The molecule has 0 bridgehead atoms. The molecule has 0 aromatic rings. The van der Waals surface area contributed by atoms with Crippen molar-refractivity contribution in [3.8, 4) is 0 Å². The molecule has 1 heterocycles. The first-order valence-corrected chi connectivity index (χ1v) is 6.04. The Kier molecular flexibility index (Phi) is 3.01. The fourth-order valence-electron chi connectivity index (χ4n) is 2.67. The van der Waals surface area contributed by atoms with E-state index in [1.165, 1.54) is 19.3 Å². The molecule has 3 nitrogen and oxygen atoms in total.